The lowest BCUT2D eigenvalue weighted by molar-refractivity contribution is -0.120. The van der Waals surface area contributed by atoms with Gasteiger partial charge in [0.15, 0.2) is 0 Å². The fourth-order valence-corrected chi connectivity index (χ4v) is 3.57. The molecule has 1 amide bonds. The summed E-state index contributed by atoms with van der Waals surface area (Å²) in [4.78, 5) is 11.6. The second kappa shape index (κ2) is 6.53. The van der Waals surface area contributed by atoms with Gasteiger partial charge in [0.25, 0.3) is 0 Å². The molecule has 2 atom stereocenters. The van der Waals surface area contributed by atoms with E-state index in [1.54, 1.807) is 6.08 Å². The molecule has 0 unspecified atom stereocenters. The van der Waals surface area contributed by atoms with Crippen LogP contribution in [0.2, 0.25) is 0 Å². The van der Waals surface area contributed by atoms with E-state index in [0.717, 1.165) is 12.8 Å². The lowest BCUT2D eigenvalue weighted by atomic mass is 9.64. The fourth-order valence-electron chi connectivity index (χ4n) is 3.57. The number of hydrogen-bond acceptors (Lipinski definition) is 3. The molecule has 3 N–H and O–H groups in total. The Bertz CT molecular complexity index is 328. The van der Waals surface area contributed by atoms with Gasteiger partial charge in [-0.25, -0.2) is 0 Å². The van der Waals surface area contributed by atoms with Gasteiger partial charge in [0, 0.05) is 12.1 Å². The molecule has 0 saturated heterocycles. The topological polar surface area (TPSA) is 61.4 Å². The second-order valence-corrected chi connectivity index (χ2v) is 6.74. The van der Waals surface area contributed by atoms with Crippen molar-refractivity contribution in [3.63, 3.8) is 0 Å². The number of carbonyl (C=O) groups excluding carboxylic acids is 1. The highest BCUT2D eigenvalue weighted by Crippen LogP contribution is 2.43. The van der Waals surface area contributed by atoms with Crippen molar-refractivity contribution in [1.29, 1.82) is 0 Å². The number of hydrogen-bond donors (Lipinski definition) is 3. The van der Waals surface area contributed by atoms with Gasteiger partial charge < -0.3 is 15.7 Å². The Morgan fingerprint density at radius 3 is 2.68 bits per heavy atom. The van der Waals surface area contributed by atoms with E-state index >= 15 is 0 Å². The predicted octanol–water partition coefficient (Wildman–Crippen LogP) is 1.46. The van der Waals surface area contributed by atoms with Gasteiger partial charge >= 0.3 is 0 Å². The summed E-state index contributed by atoms with van der Waals surface area (Å²) in [5.74, 6) is 0.503. The first-order chi connectivity index (χ1) is 8.82. The van der Waals surface area contributed by atoms with Crippen molar-refractivity contribution >= 4 is 5.91 Å². The smallest absolute Gasteiger partial charge is 0.234 e. The van der Waals surface area contributed by atoms with Gasteiger partial charge in [-0.2, -0.15) is 0 Å². The van der Waals surface area contributed by atoms with Crippen LogP contribution in [0.15, 0.2) is 12.7 Å². The fraction of sp³-hybridized carbons (Fsp3) is 0.800. The molecule has 0 radical (unpaired) electrons. The summed E-state index contributed by atoms with van der Waals surface area (Å²) in [5.41, 5.74) is -0.127. The maximum Gasteiger partial charge on any atom is 0.234 e. The zero-order chi connectivity index (χ0) is 14.5. The van der Waals surface area contributed by atoms with E-state index < -0.39 is 0 Å². The van der Waals surface area contributed by atoms with Gasteiger partial charge in [-0.1, -0.05) is 26.8 Å². The number of amides is 1. The van der Waals surface area contributed by atoms with Crippen LogP contribution in [0, 0.1) is 11.3 Å². The van der Waals surface area contributed by atoms with E-state index in [1.165, 1.54) is 6.42 Å². The predicted molar refractivity (Wildman–Crippen MR) is 77.8 cm³/mol. The molecular weight excluding hydrogens is 240 g/mol. The number of aliphatic hydroxyl groups is 1. The third-order valence-electron chi connectivity index (χ3n) is 3.83. The standard InChI is InChI=1S/C15H28N2O2/c1-5-6-16-13(19)9-17-15(11-18)8-12(2)7-14(3,4)10-15/h5,12,17-18H,1,6-11H2,2-4H3,(H,16,19)/t12-,15+/m0/s1. The van der Waals surface area contributed by atoms with Crippen molar-refractivity contribution in [3.8, 4) is 0 Å². The summed E-state index contributed by atoms with van der Waals surface area (Å²) in [6.07, 6.45) is 4.64. The van der Waals surface area contributed by atoms with Crippen LogP contribution in [0.1, 0.15) is 40.0 Å². The summed E-state index contributed by atoms with van der Waals surface area (Å²) in [6, 6.07) is 0. The molecule has 110 valence electrons. The summed E-state index contributed by atoms with van der Waals surface area (Å²) >= 11 is 0. The Morgan fingerprint density at radius 1 is 1.47 bits per heavy atom. The maximum atomic E-state index is 11.6. The third-order valence-corrected chi connectivity index (χ3v) is 3.83. The minimum absolute atomic E-state index is 0.0521. The molecule has 0 heterocycles. The Kier molecular flexibility index (Phi) is 5.56. The average Bonchev–Trinajstić information content (AvgIpc) is 2.31. The van der Waals surface area contributed by atoms with Gasteiger partial charge in [0.2, 0.25) is 5.91 Å². The van der Waals surface area contributed by atoms with Crippen molar-refractivity contribution in [2.24, 2.45) is 11.3 Å². The summed E-state index contributed by atoms with van der Waals surface area (Å²) in [5, 5.41) is 15.8. The lowest BCUT2D eigenvalue weighted by Gasteiger charge is -2.47. The van der Waals surface area contributed by atoms with E-state index in [1.807, 2.05) is 0 Å². The molecule has 0 bridgehead atoms. The second-order valence-electron chi connectivity index (χ2n) is 6.74. The van der Waals surface area contributed by atoms with E-state index in [2.05, 4.69) is 38.0 Å². The van der Waals surface area contributed by atoms with Crippen LogP contribution >= 0.6 is 0 Å². The van der Waals surface area contributed by atoms with Crippen LogP contribution < -0.4 is 10.6 Å². The molecule has 0 aliphatic heterocycles. The minimum Gasteiger partial charge on any atom is -0.394 e. The highest BCUT2D eigenvalue weighted by Gasteiger charge is 2.42. The largest absolute Gasteiger partial charge is 0.394 e. The van der Waals surface area contributed by atoms with Crippen LogP contribution in [0.5, 0.6) is 0 Å². The molecule has 0 aromatic heterocycles. The first kappa shape index (κ1) is 16.2. The highest BCUT2D eigenvalue weighted by molar-refractivity contribution is 5.78. The van der Waals surface area contributed by atoms with Crippen molar-refractivity contribution in [3.05, 3.63) is 12.7 Å². The van der Waals surface area contributed by atoms with Crippen LogP contribution in [-0.2, 0) is 4.79 Å². The quantitative estimate of drug-likeness (QED) is 0.639. The molecule has 4 nitrogen and oxygen atoms in total. The zero-order valence-corrected chi connectivity index (χ0v) is 12.5. The number of aliphatic hydroxyl groups excluding tert-OH is 1. The summed E-state index contributed by atoms with van der Waals surface area (Å²) < 4.78 is 0. The number of rotatable bonds is 6. The molecule has 4 heteroatoms. The minimum atomic E-state index is -0.327. The molecule has 0 aromatic carbocycles. The van der Waals surface area contributed by atoms with Gasteiger partial charge in [-0.05, 0) is 30.6 Å². The van der Waals surface area contributed by atoms with Crippen molar-refractivity contribution < 1.29 is 9.90 Å². The zero-order valence-electron chi connectivity index (χ0n) is 12.5. The van der Waals surface area contributed by atoms with Crippen molar-refractivity contribution in [1.82, 2.24) is 10.6 Å². The van der Waals surface area contributed by atoms with Crippen LogP contribution in [-0.4, -0.2) is 36.2 Å². The van der Waals surface area contributed by atoms with Crippen molar-refractivity contribution in [2.45, 2.75) is 45.6 Å². The third kappa shape index (κ3) is 4.96. The average molecular weight is 268 g/mol. The molecule has 1 saturated carbocycles. The molecule has 19 heavy (non-hydrogen) atoms. The van der Waals surface area contributed by atoms with Gasteiger partial charge in [0.1, 0.15) is 0 Å². The van der Waals surface area contributed by atoms with E-state index in [4.69, 9.17) is 0 Å². The molecule has 0 aromatic rings. The van der Waals surface area contributed by atoms with Crippen LogP contribution in [0.4, 0.5) is 0 Å². The van der Waals surface area contributed by atoms with E-state index in [-0.39, 0.29) is 30.0 Å². The lowest BCUT2D eigenvalue weighted by Crippen LogP contribution is -2.57. The van der Waals surface area contributed by atoms with Gasteiger partial charge in [0.05, 0.1) is 13.2 Å². The Labute approximate surface area is 116 Å². The Hall–Kier alpha value is -0.870. The van der Waals surface area contributed by atoms with Crippen LogP contribution in [0.25, 0.3) is 0 Å². The van der Waals surface area contributed by atoms with E-state index in [0.29, 0.717) is 12.5 Å². The SMILES string of the molecule is C=CCNC(=O)CN[C@]1(CO)C[C@@H](C)CC(C)(C)C1. The van der Waals surface area contributed by atoms with Crippen LogP contribution in [0.3, 0.4) is 0 Å². The molecule has 1 aliphatic rings. The highest BCUT2D eigenvalue weighted by atomic mass is 16.3. The Balaban J connectivity index is 2.60. The monoisotopic (exact) mass is 268 g/mol. The van der Waals surface area contributed by atoms with Gasteiger partial charge in [-0.15, -0.1) is 6.58 Å². The van der Waals surface area contributed by atoms with Crippen molar-refractivity contribution in [2.75, 3.05) is 19.7 Å². The molecular formula is C15H28N2O2. The summed E-state index contributed by atoms with van der Waals surface area (Å²) in [6.45, 7) is 11.0. The molecule has 1 aliphatic carbocycles. The Morgan fingerprint density at radius 2 is 2.16 bits per heavy atom. The number of nitrogens with one attached hydrogen (secondary N) is 2. The molecule has 1 rings (SSSR count). The first-order valence-corrected chi connectivity index (χ1v) is 7.06. The number of carbonyl (C=O) groups is 1. The van der Waals surface area contributed by atoms with Gasteiger partial charge in [-0.3, -0.25) is 4.79 Å². The summed E-state index contributed by atoms with van der Waals surface area (Å²) in [7, 11) is 0. The van der Waals surface area contributed by atoms with E-state index in [9.17, 15) is 9.90 Å². The maximum absolute atomic E-state index is 11.6. The normalized spacial score (nSPS) is 29.8. The molecule has 0 spiro atoms. The first-order valence-electron chi connectivity index (χ1n) is 7.06. The molecule has 1 fully saturated rings.